The SMILES string of the molecule is Cc1cc(C(=O)Oc2ccc(N=Nc3ccc(N=NC4CCC(N)CC4)c4ccccc34)cc2)ccc1S. The number of esters is 1. The van der Waals surface area contributed by atoms with Gasteiger partial charge in [-0.2, -0.15) is 15.3 Å². The average Bonchev–Trinajstić information content (AvgIpc) is 2.94. The Bertz CT molecular complexity index is 1510. The summed E-state index contributed by atoms with van der Waals surface area (Å²) in [5.41, 5.74) is 9.60. The molecule has 2 N–H and O–H groups in total. The number of hydrogen-bond donors (Lipinski definition) is 2. The van der Waals surface area contributed by atoms with Gasteiger partial charge in [-0.1, -0.05) is 24.3 Å². The van der Waals surface area contributed by atoms with Crippen molar-refractivity contribution in [3.05, 3.63) is 90.0 Å². The molecule has 1 fully saturated rings. The van der Waals surface area contributed by atoms with Crippen LogP contribution in [-0.4, -0.2) is 18.1 Å². The second-order valence-electron chi connectivity index (χ2n) is 9.52. The van der Waals surface area contributed by atoms with Crippen LogP contribution in [0.15, 0.2) is 104 Å². The second-order valence-corrected chi connectivity index (χ2v) is 10.00. The molecule has 4 aromatic carbocycles. The number of hydrogen-bond acceptors (Lipinski definition) is 8. The average molecular weight is 524 g/mol. The van der Waals surface area contributed by atoms with E-state index in [4.69, 9.17) is 10.5 Å². The topological polar surface area (TPSA) is 102 Å². The highest BCUT2D eigenvalue weighted by molar-refractivity contribution is 7.80. The summed E-state index contributed by atoms with van der Waals surface area (Å²) >= 11 is 4.34. The third-order valence-corrected chi connectivity index (χ3v) is 7.20. The standard InChI is InChI=1S/C30H29N5O2S/c1-19-18-20(6-17-29(19)38)30(36)37-24-13-11-23(12-14-24)33-35-28-16-15-27(25-4-2-3-5-26(25)28)34-32-22-9-7-21(31)8-10-22/h2-6,11-18,21-22,38H,7-10,31H2,1H3. The first-order valence-corrected chi connectivity index (χ1v) is 13.1. The van der Waals surface area contributed by atoms with E-state index in [1.54, 1.807) is 42.5 Å². The Balaban J connectivity index is 1.29. The van der Waals surface area contributed by atoms with Crippen molar-refractivity contribution >= 4 is 46.4 Å². The summed E-state index contributed by atoms with van der Waals surface area (Å²) in [6, 6.07) is 24.5. The molecule has 4 aromatic rings. The minimum absolute atomic E-state index is 0.230. The number of benzene rings is 4. The maximum atomic E-state index is 12.5. The molecule has 1 saturated carbocycles. The van der Waals surface area contributed by atoms with Gasteiger partial charge < -0.3 is 10.5 Å². The van der Waals surface area contributed by atoms with E-state index < -0.39 is 5.97 Å². The van der Waals surface area contributed by atoms with Gasteiger partial charge in [-0.3, -0.25) is 0 Å². The Morgan fingerprint density at radius 1 is 0.842 bits per heavy atom. The second kappa shape index (κ2) is 11.7. The van der Waals surface area contributed by atoms with Crippen LogP contribution in [0.5, 0.6) is 5.75 Å². The van der Waals surface area contributed by atoms with Gasteiger partial charge in [0.2, 0.25) is 0 Å². The van der Waals surface area contributed by atoms with E-state index >= 15 is 0 Å². The molecular weight excluding hydrogens is 494 g/mol. The van der Waals surface area contributed by atoms with Crippen LogP contribution < -0.4 is 10.5 Å². The first-order valence-electron chi connectivity index (χ1n) is 12.7. The van der Waals surface area contributed by atoms with Crippen molar-refractivity contribution in [1.29, 1.82) is 0 Å². The van der Waals surface area contributed by atoms with E-state index in [2.05, 4.69) is 33.1 Å². The Kier molecular flexibility index (Phi) is 7.91. The smallest absolute Gasteiger partial charge is 0.343 e. The zero-order valence-electron chi connectivity index (χ0n) is 21.1. The lowest BCUT2D eigenvalue weighted by atomic mass is 9.92. The molecule has 0 atom stereocenters. The molecule has 0 aliphatic heterocycles. The summed E-state index contributed by atoms with van der Waals surface area (Å²) in [7, 11) is 0. The van der Waals surface area contributed by atoms with E-state index in [1.807, 2.05) is 43.3 Å². The summed E-state index contributed by atoms with van der Waals surface area (Å²) in [5.74, 6) is 0.00764. The Morgan fingerprint density at radius 3 is 2.16 bits per heavy atom. The van der Waals surface area contributed by atoms with Crippen LogP contribution in [0.2, 0.25) is 0 Å². The van der Waals surface area contributed by atoms with E-state index in [0.717, 1.165) is 58.3 Å². The summed E-state index contributed by atoms with van der Waals surface area (Å²) < 4.78 is 5.49. The number of azo groups is 2. The van der Waals surface area contributed by atoms with Crippen LogP contribution in [0.25, 0.3) is 10.8 Å². The molecule has 0 spiro atoms. The normalized spacial score (nSPS) is 17.9. The summed E-state index contributed by atoms with van der Waals surface area (Å²) in [4.78, 5) is 13.3. The molecule has 0 amide bonds. The molecule has 5 rings (SSSR count). The molecule has 0 bridgehead atoms. The highest BCUT2D eigenvalue weighted by Crippen LogP contribution is 2.35. The van der Waals surface area contributed by atoms with Gasteiger partial charge in [-0.25, -0.2) is 4.79 Å². The predicted molar refractivity (Wildman–Crippen MR) is 153 cm³/mol. The number of nitrogens with two attached hydrogens (primary N) is 1. The van der Waals surface area contributed by atoms with Crippen LogP contribution in [-0.2, 0) is 0 Å². The van der Waals surface area contributed by atoms with Gasteiger partial charge >= 0.3 is 5.97 Å². The van der Waals surface area contributed by atoms with Crippen molar-refractivity contribution < 1.29 is 9.53 Å². The number of thiol groups is 1. The van der Waals surface area contributed by atoms with Crippen molar-refractivity contribution in [2.24, 2.45) is 26.2 Å². The molecule has 0 radical (unpaired) electrons. The van der Waals surface area contributed by atoms with Crippen molar-refractivity contribution in [3.8, 4) is 5.75 Å². The lowest BCUT2D eigenvalue weighted by Crippen LogP contribution is -2.27. The minimum Gasteiger partial charge on any atom is -0.423 e. The molecule has 1 aliphatic carbocycles. The lowest BCUT2D eigenvalue weighted by Gasteiger charge is -2.22. The van der Waals surface area contributed by atoms with Crippen LogP contribution in [0.3, 0.4) is 0 Å². The fraction of sp³-hybridized carbons (Fsp3) is 0.233. The molecule has 0 saturated heterocycles. The number of ether oxygens (including phenoxy) is 1. The van der Waals surface area contributed by atoms with Gasteiger partial charge in [-0.05, 0) is 92.8 Å². The Morgan fingerprint density at radius 2 is 1.50 bits per heavy atom. The zero-order chi connectivity index (χ0) is 26.5. The van der Waals surface area contributed by atoms with E-state index in [9.17, 15) is 4.79 Å². The van der Waals surface area contributed by atoms with Gasteiger partial charge in [0.15, 0.2) is 0 Å². The third kappa shape index (κ3) is 6.15. The van der Waals surface area contributed by atoms with Gasteiger partial charge in [0, 0.05) is 21.7 Å². The van der Waals surface area contributed by atoms with Gasteiger partial charge in [0.25, 0.3) is 0 Å². The number of rotatable bonds is 6. The van der Waals surface area contributed by atoms with Crippen molar-refractivity contribution in [2.45, 2.75) is 49.6 Å². The third-order valence-electron chi connectivity index (χ3n) is 6.70. The number of carbonyl (C=O) groups is 1. The number of carbonyl (C=O) groups excluding carboxylic acids is 1. The maximum absolute atomic E-state index is 12.5. The molecule has 7 nitrogen and oxygen atoms in total. The Hall–Kier alpha value is -3.88. The molecule has 1 aliphatic rings. The molecule has 0 heterocycles. The highest BCUT2D eigenvalue weighted by atomic mass is 32.1. The van der Waals surface area contributed by atoms with Crippen molar-refractivity contribution in [3.63, 3.8) is 0 Å². The fourth-order valence-corrected chi connectivity index (χ4v) is 4.58. The van der Waals surface area contributed by atoms with Crippen molar-refractivity contribution in [1.82, 2.24) is 0 Å². The summed E-state index contributed by atoms with van der Waals surface area (Å²) in [6.45, 7) is 1.90. The van der Waals surface area contributed by atoms with Crippen LogP contribution in [0, 0.1) is 6.92 Å². The van der Waals surface area contributed by atoms with Crippen LogP contribution in [0.1, 0.15) is 41.6 Å². The van der Waals surface area contributed by atoms with E-state index in [0.29, 0.717) is 23.0 Å². The summed E-state index contributed by atoms with van der Waals surface area (Å²) in [5, 5.41) is 20.0. The van der Waals surface area contributed by atoms with Crippen molar-refractivity contribution in [2.75, 3.05) is 0 Å². The monoisotopic (exact) mass is 523 g/mol. The Labute approximate surface area is 227 Å². The highest BCUT2D eigenvalue weighted by Gasteiger charge is 2.18. The largest absolute Gasteiger partial charge is 0.423 e. The minimum atomic E-state index is -0.424. The number of fused-ring (bicyclic) bond motifs is 1. The summed E-state index contributed by atoms with van der Waals surface area (Å²) in [6.07, 6.45) is 3.96. The van der Waals surface area contributed by atoms with Gasteiger partial charge in [-0.15, -0.1) is 17.7 Å². The molecular formula is C30H29N5O2S. The molecule has 0 unspecified atom stereocenters. The zero-order valence-corrected chi connectivity index (χ0v) is 22.0. The molecule has 192 valence electrons. The van der Waals surface area contributed by atoms with Crippen LogP contribution >= 0.6 is 12.6 Å². The van der Waals surface area contributed by atoms with Gasteiger partial charge in [0.1, 0.15) is 5.75 Å². The lowest BCUT2D eigenvalue weighted by molar-refractivity contribution is 0.0734. The maximum Gasteiger partial charge on any atom is 0.343 e. The molecule has 8 heteroatoms. The molecule has 0 aromatic heterocycles. The van der Waals surface area contributed by atoms with Crippen LogP contribution in [0.4, 0.5) is 17.1 Å². The van der Waals surface area contributed by atoms with E-state index in [1.165, 1.54) is 0 Å². The quantitative estimate of drug-likeness (QED) is 0.115. The van der Waals surface area contributed by atoms with Gasteiger partial charge in [0.05, 0.1) is 28.7 Å². The molecule has 38 heavy (non-hydrogen) atoms. The fourth-order valence-electron chi connectivity index (χ4n) is 4.44. The predicted octanol–water partition coefficient (Wildman–Crippen LogP) is 8.43. The first-order chi connectivity index (χ1) is 18.5. The number of nitrogens with zero attached hydrogens (tertiary/aromatic N) is 4. The first kappa shape index (κ1) is 25.8. The number of aryl methyl sites for hydroxylation is 1. The van der Waals surface area contributed by atoms with E-state index in [-0.39, 0.29) is 6.04 Å².